The Hall–Kier alpha value is -0.940. The number of aryl methyl sites for hydroxylation is 2. The summed E-state index contributed by atoms with van der Waals surface area (Å²) in [6.45, 7) is 4.00. The van der Waals surface area contributed by atoms with Gasteiger partial charge in [-0.1, -0.05) is 23.7 Å². The minimum absolute atomic E-state index is 0.0578. The standard InChI is InChI=1S/C13H16ClN3S/c1-8-5-10(3-4-12(8)14)13(17-15)6-11-7-18-9(2)16-11/h3-5,7,13,17H,6,15H2,1-2H3. The fourth-order valence-electron chi connectivity index (χ4n) is 1.87. The van der Waals surface area contributed by atoms with Crippen LogP contribution in [0.15, 0.2) is 23.6 Å². The fourth-order valence-corrected chi connectivity index (χ4v) is 2.61. The topological polar surface area (TPSA) is 50.9 Å². The van der Waals surface area contributed by atoms with Crippen molar-refractivity contribution in [3.8, 4) is 0 Å². The third kappa shape index (κ3) is 3.09. The van der Waals surface area contributed by atoms with Crippen LogP contribution in [-0.2, 0) is 6.42 Å². The number of nitrogens with two attached hydrogens (primary N) is 1. The molecular weight excluding hydrogens is 266 g/mol. The second-order valence-corrected chi connectivity index (χ2v) is 5.76. The molecule has 96 valence electrons. The van der Waals surface area contributed by atoms with Crippen LogP contribution < -0.4 is 11.3 Å². The fraction of sp³-hybridized carbons (Fsp3) is 0.308. The van der Waals surface area contributed by atoms with E-state index in [1.54, 1.807) is 11.3 Å². The number of halogens is 1. The zero-order valence-electron chi connectivity index (χ0n) is 10.4. The van der Waals surface area contributed by atoms with Crippen molar-refractivity contribution in [2.75, 3.05) is 0 Å². The largest absolute Gasteiger partial charge is 0.271 e. The molecule has 1 heterocycles. The van der Waals surface area contributed by atoms with E-state index in [1.807, 2.05) is 26.0 Å². The van der Waals surface area contributed by atoms with Crippen LogP contribution in [0.25, 0.3) is 0 Å². The van der Waals surface area contributed by atoms with Gasteiger partial charge in [0.15, 0.2) is 0 Å². The van der Waals surface area contributed by atoms with Crippen LogP contribution in [0.4, 0.5) is 0 Å². The number of hydrogen-bond acceptors (Lipinski definition) is 4. The predicted octanol–water partition coefficient (Wildman–Crippen LogP) is 3.16. The second-order valence-electron chi connectivity index (χ2n) is 4.29. The van der Waals surface area contributed by atoms with E-state index in [0.29, 0.717) is 0 Å². The van der Waals surface area contributed by atoms with Gasteiger partial charge in [0.05, 0.1) is 16.7 Å². The maximum Gasteiger partial charge on any atom is 0.0897 e. The first kappa shape index (κ1) is 13.5. The lowest BCUT2D eigenvalue weighted by Crippen LogP contribution is -2.29. The van der Waals surface area contributed by atoms with E-state index in [0.717, 1.165) is 33.3 Å². The van der Waals surface area contributed by atoms with E-state index in [4.69, 9.17) is 17.4 Å². The van der Waals surface area contributed by atoms with Crippen LogP contribution in [0.1, 0.15) is 27.9 Å². The van der Waals surface area contributed by atoms with Crippen molar-refractivity contribution in [3.63, 3.8) is 0 Å². The SMILES string of the molecule is Cc1nc(CC(NN)c2ccc(Cl)c(C)c2)cs1. The highest BCUT2D eigenvalue weighted by atomic mass is 35.5. The highest BCUT2D eigenvalue weighted by Gasteiger charge is 2.13. The summed E-state index contributed by atoms with van der Waals surface area (Å²) in [7, 11) is 0. The van der Waals surface area contributed by atoms with Gasteiger partial charge in [0.1, 0.15) is 0 Å². The number of thiazole rings is 1. The molecule has 0 aliphatic carbocycles. The van der Waals surface area contributed by atoms with E-state index in [2.05, 4.69) is 21.9 Å². The Morgan fingerprint density at radius 1 is 1.44 bits per heavy atom. The van der Waals surface area contributed by atoms with Crippen LogP contribution in [-0.4, -0.2) is 4.98 Å². The summed E-state index contributed by atoms with van der Waals surface area (Å²) in [6.07, 6.45) is 0.780. The zero-order chi connectivity index (χ0) is 13.1. The number of hydrazine groups is 1. The molecule has 0 aliphatic rings. The van der Waals surface area contributed by atoms with E-state index < -0.39 is 0 Å². The Balaban J connectivity index is 2.19. The quantitative estimate of drug-likeness (QED) is 0.669. The van der Waals surface area contributed by atoms with Crippen LogP contribution in [0, 0.1) is 13.8 Å². The molecule has 0 amide bonds. The van der Waals surface area contributed by atoms with Crippen molar-refractivity contribution in [1.29, 1.82) is 0 Å². The Labute approximate surface area is 116 Å². The third-order valence-electron chi connectivity index (χ3n) is 2.87. The molecule has 0 fully saturated rings. The van der Waals surface area contributed by atoms with E-state index >= 15 is 0 Å². The molecule has 0 saturated heterocycles. The molecule has 0 radical (unpaired) electrons. The summed E-state index contributed by atoms with van der Waals surface area (Å²) in [5.41, 5.74) is 6.10. The monoisotopic (exact) mass is 281 g/mol. The maximum atomic E-state index is 6.03. The Morgan fingerprint density at radius 3 is 2.78 bits per heavy atom. The van der Waals surface area contributed by atoms with E-state index in [9.17, 15) is 0 Å². The molecule has 0 spiro atoms. The van der Waals surface area contributed by atoms with Crippen molar-refractivity contribution < 1.29 is 0 Å². The minimum atomic E-state index is 0.0578. The molecular formula is C13H16ClN3S. The van der Waals surface area contributed by atoms with Crippen molar-refractivity contribution in [3.05, 3.63) is 50.4 Å². The van der Waals surface area contributed by atoms with Gasteiger partial charge in [-0.25, -0.2) is 4.98 Å². The Kier molecular flexibility index (Phi) is 4.35. The van der Waals surface area contributed by atoms with Crippen molar-refractivity contribution in [2.24, 2.45) is 5.84 Å². The van der Waals surface area contributed by atoms with Crippen LogP contribution in [0.5, 0.6) is 0 Å². The summed E-state index contributed by atoms with van der Waals surface area (Å²) in [5.74, 6) is 5.64. The van der Waals surface area contributed by atoms with Crippen LogP contribution in [0.3, 0.4) is 0 Å². The molecule has 3 N–H and O–H groups in total. The molecule has 2 rings (SSSR count). The molecule has 1 aromatic heterocycles. The normalized spacial score (nSPS) is 12.7. The molecule has 3 nitrogen and oxygen atoms in total. The third-order valence-corrected chi connectivity index (χ3v) is 4.11. The number of hydrogen-bond donors (Lipinski definition) is 2. The van der Waals surface area contributed by atoms with E-state index in [1.165, 1.54) is 0 Å². The lowest BCUT2D eigenvalue weighted by Gasteiger charge is -2.16. The maximum absolute atomic E-state index is 6.03. The van der Waals surface area contributed by atoms with Crippen molar-refractivity contribution >= 4 is 22.9 Å². The van der Waals surface area contributed by atoms with Crippen LogP contribution in [0.2, 0.25) is 5.02 Å². The summed E-state index contributed by atoms with van der Waals surface area (Å²) in [6, 6.07) is 6.02. The average Bonchev–Trinajstić information content (AvgIpc) is 2.75. The smallest absolute Gasteiger partial charge is 0.0897 e. The van der Waals surface area contributed by atoms with Gasteiger partial charge in [-0.15, -0.1) is 11.3 Å². The summed E-state index contributed by atoms with van der Waals surface area (Å²) in [4.78, 5) is 4.46. The van der Waals surface area contributed by atoms with E-state index in [-0.39, 0.29) is 6.04 Å². The van der Waals surface area contributed by atoms with Gasteiger partial charge in [-0.3, -0.25) is 11.3 Å². The molecule has 0 saturated carbocycles. The van der Waals surface area contributed by atoms with Gasteiger partial charge in [0.2, 0.25) is 0 Å². The molecule has 0 bridgehead atoms. The lowest BCUT2D eigenvalue weighted by atomic mass is 10.0. The number of aromatic nitrogens is 1. The first-order valence-electron chi connectivity index (χ1n) is 5.73. The summed E-state index contributed by atoms with van der Waals surface area (Å²) in [5, 5.41) is 3.93. The average molecular weight is 282 g/mol. The van der Waals surface area contributed by atoms with Gasteiger partial charge in [0, 0.05) is 16.8 Å². The first-order chi connectivity index (χ1) is 8.60. The van der Waals surface area contributed by atoms with Gasteiger partial charge >= 0.3 is 0 Å². The molecule has 18 heavy (non-hydrogen) atoms. The zero-order valence-corrected chi connectivity index (χ0v) is 12.0. The van der Waals surface area contributed by atoms with Gasteiger partial charge in [-0.05, 0) is 31.0 Å². The minimum Gasteiger partial charge on any atom is -0.271 e. The van der Waals surface area contributed by atoms with Crippen molar-refractivity contribution in [2.45, 2.75) is 26.3 Å². The van der Waals surface area contributed by atoms with Gasteiger partial charge < -0.3 is 0 Å². The number of benzene rings is 1. The summed E-state index contributed by atoms with van der Waals surface area (Å²) < 4.78 is 0. The summed E-state index contributed by atoms with van der Waals surface area (Å²) >= 11 is 7.69. The Bertz CT molecular complexity index is 539. The first-order valence-corrected chi connectivity index (χ1v) is 6.99. The molecule has 2 aromatic rings. The highest BCUT2D eigenvalue weighted by molar-refractivity contribution is 7.09. The molecule has 1 atom stereocenters. The number of nitrogens with zero attached hydrogens (tertiary/aromatic N) is 1. The second kappa shape index (κ2) is 5.80. The van der Waals surface area contributed by atoms with Crippen LogP contribution >= 0.6 is 22.9 Å². The number of nitrogens with one attached hydrogen (secondary N) is 1. The highest BCUT2D eigenvalue weighted by Crippen LogP contribution is 2.23. The Morgan fingerprint density at radius 2 is 2.22 bits per heavy atom. The van der Waals surface area contributed by atoms with Gasteiger partial charge in [-0.2, -0.15) is 0 Å². The number of rotatable bonds is 4. The molecule has 0 aliphatic heterocycles. The molecule has 5 heteroatoms. The lowest BCUT2D eigenvalue weighted by molar-refractivity contribution is 0.546. The van der Waals surface area contributed by atoms with Crippen molar-refractivity contribution in [1.82, 2.24) is 10.4 Å². The van der Waals surface area contributed by atoms with Gasteiger partial charge in [0.25, 0.3) is 0 Å². The molecule has 1 unspecified atom stereocenters. The predicted molar refractivity (Wildman–Crippen MR) is 76.8 cm³/mol. The molecule has 1 aromatic carbocycles.